The van der Waals surface area contributed by atoms with Crippen LogP contribution in [0.5, 0.6) is 5.75 Å². The number of hydrogen-bond acceptors (Lipinski definition) is 3. The third-order valence-corrected chi connectivity index (χ3v) is 3.25. The highest BCUT2D eigenvalue weighted by molar-refractivity contribution is 5.89. The summed E-state index contributed by atoms with van der Waals surface area (Å²) < 4.78 is 10.5. The van der Waals surface area contributed by atoms with Crippen molar-refractivity contribution >= 4 is 16.9 Å². The number of carbonyl (C=O) groups excluding carboxylic acids is 1. The molecule has 0 saturated heterocycles. The number of ether oxygens (including phenoxy) is 2. The monoisotopic (exact) mass is 281 g/mol. The first-order valence-corrected chi connectivity index (χ1v) is 6.64. The fourth-order valence-corrected chi connectivity index (χ4v) is 2.18. The molecule has 0 fully saturated rings. The Balaban J connectivity index is 1.72. The Kier molecular flexibility index (Phi) is 3.60. The number of nitrogens with one attached hydrogen (secondary N) is 1. The van der Waals surface area contributed by atoms with Crippen molar-refractivity contribution in [2.45, 2.75) is 6.61 Å². The van der Waals surface area contributed by atoms with E-state index in [1.807, 2.05) is 42.5 Å². The average Bonchev–Trinajstić information content (AvgIpc) is 2.95. The lowest BCUT2D eigenvalue weighted by Gasteiger charge is -2.02. The zero-order valence-corrected chi connectivity index (χ0v) is 11.6. The van der Waals surface area contributed by atoms with Crippen molar-refractivity contribution < 1.29 is 14.3 Å². The van der Waals surface area contributed by atoms with Gasteiger partial charge < -0.3 is 14.5 Å². The van der Waals surface area contributed by atoms with Crippen LogP contribution in [0.1, 0.15) is 16.1 Å². The van der Waals surface area contributed by atoms with Crippen molar-refractivity contribution in [3.63, 3.8) is 0 Å². The molecular formula is C17H15NO3. The lowest BCUT2D eigenvalue weighted by Crippen LogP contribution is -2.04. The summed E-state index contributed by atoms with van der Waals surface area (Å²) in [6.45, 7) is 0.213. The molecule has 0 amide bonds. The van der Waals surface area contributed by atoms with E-state index < -0.39 is 0 Å². The molecular weight excluding hydrogens is 266 g/mol. The number of rotatable bonds is 4. The molecule has 0 atom stereocenters. The molecule has 2 aromatic carbocycles. The smallest absolute Gasteiger partial charge is 0.338 e. The van der Waals surface area contributed by atoms with Gasteiger partial charge in [0.15, 0.2) is 0 Å². The summed E-state index contributed by atoms with van der Waals surface area (Å²) in [5, 5.41) is 1.03. The van der Waals surface area contributed by atoms with Crippen molar-refractivity contribution in [3.05, 3.63) is 65.9 Å². The van der Waals surface area contributed by atoms with Gasteiger partial charge in [0.1, 0.15) is 12.4 Å². The molecule has 21 heavy (non-hydrogen) atoms. The van der Waals surface area contributed by atoms with Gasteiger partial charge in [-0.3, -0.25) is 0 Å². The second kappa shape index (κ2) is 5.71. The standard InChI is InChI=1S/C17H15NO3/c1-20-15-7-8-16-13(10-15)9-14(18-16)11-21-17(19)12-5-3-2-4-6-12/h2-10,18H,11H2,1H3. The topological polar surface area (TPSA) is 51.3 Å². The molecule has 1 heterocycles. The molecule has 1 N–H and O–H groups in total. The minimum atomic E-state index is -0.327. The van der Waals surface area contributed by atoms with Gasteiger partial charge in [-0.15, -0.1) is 0 Å². The van der Waals surface area contributed by atoms with E-state index in [4.69, 9.17) is 9.47 Å². The normalized spacial score (nSPS) is 10.5. The number of esters is 1. The van der Waals surface area contributed by atoms with E-state index in [0.29, 0.717) is 5.56 Å². The van der Waals surface area contributed by atoms with Gasteiger partial charge in [-0.1, -0.05) is 18.2 Å². The molecule has 0 saturated carbocycles. The highest BCUT2D eigenvalue weighted by Gasteiger charge is 2.08. The van der Waals surface area contributed by atoms with Gasteiger partial charge in [-0.25, -0.2) is 4.79 Å². The molecule has 0 radical (unpaired) electrons. The fraction of sp³-hybridized carbons (Fsp3) is 0.118. The summed E-state index contributed by atoms with van der Waals surface area (Å²) >= 11 is 0. The third kappa shape index (κ3) is 2.89. The maximum atomic E-state index is 11.9. The number of carbonyl (C=O) groups is 1. The third-order valence-electron chi connectivity index (χ3n) is 3.25. The largest absolute Gasteiger partial charge is 0.497 e. The van der Waals surface area contributed by atoms with Crippen LogP contribution in [-0.4, -0.2) is 18.1 Å². The van der Waals surface area contributed by atoms with E-state index in [-0.39, 0.29) is 12.6 Å². The average molecular weight is 281 g/mol. The van der Waals surface area contributed by atoms with Crippen LogP contribution in [0.25, 0.3) is 10.9 Å². The highest BCUT2D eigenvalue weighted by atomic mass is 16.5. The molecule has 4 nitrogen and oxygen atoms in total. The predicted molar refractivity (Wildman–Crippen MR) is 80.4 cm³/mol. The Morgan fingerprint density at radius 2 is 1.90 bits per heavy atom. The minimum Gasteiger partial charge on any atom is -0.497 e. The van der Waals surface area contributed by atoms with Crippen LogP contribution in [-0.2, 0) is 11.3 Å². The molecule has 0 aliphatic carbocycles. The zero-order chi connectivity index (χ0) is 14.7. The lowest BCUT2D eigenvalue weighted by molar-refractivity contribution is 0.0468. The van der Waals surface area contributed by atoms with Crippen LogP contribution in [0.2, 0.25) is 0 Å². The molecule has 3 aromatic rings. The van der Waals surface area contributed by atoms with E-state index in [2.05, 4.69) is 4.98 Å². The predicted octanol–water partition coefficient (Wildman–Crippen LogP) is 3.53. The van der Waals surface area contributed by atoms with Gasteiger partial charge in [0.25, 0.3) is 0 Å². The van der Waals surface area contributed by atoms with Crippen molar-refractivity contribution in [3.8, 4) is 5.75 Å². The fourth-order valence-electron chi connectivity index (χ4n) is 2.18. The summed E-state index contributed by atoms with van der Waals surface area (Å²) in [6.07, 6.45) is 0. The summed E-state index contributed by atoms with van der Waals surface area (Å²) in [4.78, 5) is 15.1. The van der Waals surface area contributed by atoms with Gasteiger partial charge in [0, 0.05) is 10.9 Å². The maximum absolute atomic E-state index is 11.9. The Morgan fingerprint density at radius 3 is 2.67 bits per heavy atom. The molecule has 3 rings (SSSR count). The van der Waals surface area contributed by atoms with Crippen LogP contribution >= 0.6 is 0 Å². The number of hydrogen-bond donors (Lipinski definition) is 1. The van der Waals surface area contributed by atoms with E-state index in [9.17, 15) is 4.79 Å². The van der Waals surface area contributed by atoms with Crippen LogP contribution in [0.4, 0.5) is 0 Å². The molecule has 0 spiro atoms. The van der Waals surface area contributed by atoms with Gasteiger partial charge in [-0.2, -0.15) is 0 Å². The molecule has 0 bridgehead atoms. The highest BCUT2D eigenvalue weighted by Crippen LogP contribution is 2.21. The SMILES string of the molecule is COc1ccc2[nH]c(COC(=O)c3ccccc3)cc2c1. The Morgan fingerprint density at radius 1 is 1.10 bits per heavy atom. The Bertz CT molecular complexity index is 762. The molecule has 0 unspecified atom stereocenters. The van der Waals surface area contributed by atoms with Crippen molar-refractivity contribution in [1.82, 2.24) is 4.98 Å². The number of aromatic nitrogens is 1. The number of aromatic amines is 1. The Hall–Kier alpha value is -2.75. The summed E-state index contributed by atoms with van der Waals surface area (Å²) in [6, 6.07) is 16.7. The molecule has 0 aliphatic heterocycles. The van der Waals surface area contributed by atoms with Gasteiger partial charge in [0.05, 0.1) is 18.4 Å². The molecule has 106 valence electrons. The second-order valence-corrected chi connectivity index (χ2v) is 4.69. The van der Waals surface area contributed by atoms with Crippen molar-refractivity contribution in [2.24, 2.45) is 0 Å². The Labute approximate surface area is 122 Å². The number of methoxy groups -OCH3 is 1. The van der Waals surface area contributed by atoms with E-state index in [1.165, 1.54) is 0 Å². The zero-order valence-electron chi connectivity index (χ0n) is 11.6. The van der Waals surface area contributed by atoms with Crippen LogP contribution in [0, 0.1) is 0 Å². The molecule has 1 aromatic heterocycles. The number of H-pyrrole nitrogens is 1. The van der Waals surface area contributed by atoms with Gasteiger partial charge in [-0.05, 0) is 36.4 Å². The summed E-state index contributed by atoms with van der Waals surface area (Å²) in [5.74, 6) is 0.473. The first-order valence-electron chi connectivity index (χ1n) is 6.64. The van der Waals surface area contributed by atoms with Crippen molar-refractivity contribution in [2.75, 3.05) is 7.11 Å². The van der Waals surface area contributed by atoms with Crippen LogP contribution in [0.15, 0.2) is 54.6 Å². The van der Waals surface area contributed by atoms with E-state index >= 15 is 0 Å². The van der Waals surface area contributed by atoms with Crippen LogP contribution in [0.3, 0.4) is 0 Å². The number of fused-ring (bicyclic) bond motifs is 1. The second-order valence-electron chi connectivity index (χ2n) is 4.69. The molecule has 0 aliphatic rings. The van der Waals surface area contributed by atoms with E-state index in [1.54, 1.807) is 19.2 Å². The van der Waals surface area contributed by atoms with Crippen LogP contribution < -0.4 is 4.74 Å². The van der Waals surface area contributed by atoms with Crippen molar-refractivity contribution in [1.29, 1.82) is 0 Å². The minimum absolute atomic E-state index is 0.213. The van der Waals surface area contributed by atoms with Gasteiger partial charge in [0.2, 0.25) is 0 Å². The lowest BCUT2D eigenvalue weighted by atomic mass is 10.2. The molecule has 4 heteroatoms. The summed E-state index contributed by atoms with van der Waals surface area (Å²) in [7, 11) is 1.64. The maximum Gasteiger partial charge on any atom is 0.338 e. The number of benzene rings is 2. The quantitative estimate of drug-likeness (QED) is 0.744. The summed E-state index contributed by atoms with van der Waals surface area (Å²) in [5.41, 5.74) is 2.39. The first-order chi connectivity index (χ1) is 10.3. The first kappa shape index (κ1) is 13.2. The van der Waals surface area contributed by atoms with Gasteiger partial charge >= 0.3 is 5.97 Å². The van der Waals surface area contributed by atoms with E-state index in [0.717, 1.165) is 22.3 Å².